The van der Waals surface area contributed by atoms with Gasteiger partial charge in [-0.15, -0.1) is 0 Å². The second kappa shape index (κ2) is 5.81. The lowest BCUT2D eigenvalue weighted by atomic mass is 10.1. The molecule has 1 heterocycles. The molecule has 2 N–H and O–H groups in total. The summed E-state index contributed by atoms with van der Waals surface area (Å²) >= 11 is 0. The summed E-state index contributed by atoms with van der Waals surface area (Å²) in [6.07, 6.45) is -2.85. The van der Waals surface area contributed by atoms with Gasteiger partial charge in [-0.1, -0.05) is 12.1 Å². The number of anilines is 3. The number of hydrogen-bond acceptors (Lipinski definition) is 3. The van der Waals surface area contributed by atoms with E-state index in [2.05, 4.69) is 15.6 Å². The van der Waals surface area contributed by atoms with E-state index in [1.165, 1.54) is 18.3 Å². The number of alkyl halides is 3. The second-order valence-corrected chi connectivity index (χ2v) is 4.13. The lowest BCUT2D eigenvalue weighted by Gasteiger charge is -2.14. The first-order chi connectivity index (χ1) is 9.50. The molecule has 0 aliphatic carbocycles. The third-order valence-corrected chi connectivity index (χ3v) is 2.63. The largest absolute Gasteiger partial charge is 0.418 e. The van der Waals surface area contributed by atoms with Gasteiger partial charge in [0, 0.05) is 24.5 Å². The minimum atomic E-state index is -4.39. The van der Waals surface area contributed by atoms with Crippen LogP contribution in [0.4, 0.5) is 30.4 Å². The van der Waals surface area contributed by atoms with Crippen molar-refractivity contribution in [3.8, 4) is 0 Å². The first-order valence-corrected chi connectivity index (χ1v) is 6.14. The minimum Gasteiger partial charge on any atom is -0.370 e. The number of para-hydroxylation sites is 1. The molecule has 2 rings (SSSR count). The average Bonchev–Trinajstić information content (AvgIpc) is 2.39. The van der Waals surface area contributed by atoms with E-state index in [4.69, 9.17) is 0 Å². The first-order valence-electron chi connectivity index (χ1n) is 6.14. The lowest BCUT2D eigenvalue weighted by molar-refractivity contribution is -0.136. The van der Waals surface area contributed by atoms with Gasteiger partial charge in [0.1, 0.15) is 5.82 Å². The first kappa shape index (κ1) is 14.2. The van der Waals surface area contributed by atoms with Crippen LogP contribution >= 0.6 is 0 Å². The van der Waals surface area contributed by atoms with Crippen LogP contribution in [0, 0.1) is 0 Å². The standard InChI is InChI=1S/C14H14F3N3/c1-2-18-13-9-10(7-8-19-13)20-12-6-4-3-5-11(12)14(15,16)17/h3-9H,2H2,1H3,(H2,18,19,20). The van der Waals surface area contributed by atoms with Gasteiger partial charge in [0.15, 0.2) is 0 Å². The van der Waals surface area contributed by atoms with Crippen molar-refractivity contribution in [2.75, 3.05) is 17.2 Å². The highest BCUT2D eigenvalue weighted by molar-refractivity contribution is 5.65. The zero-order chi connectivity index (χ0) is 14.6. The molecular formula is C14H14F3N3. The van der Waals surface area contributed by atoms with Crippen molar-refractivity contribution in [3.05, 3.63) is 48.2 Å². The topological polar surface area (TPSA) is 37.0 Å². The molecule has 0 fully saturated rings. The minimum absolute atomic E-state index is 0.0219. The number of benzene rings is 1. The van der Waals surface area contributed by atoms with Crippen molar-refractivity contribution in [2.24, 2.45) is 0 Å². The molecule has 3 nitrogen and oxygen atoms in total. The molecule has 106 valence electrons. The lowest BCUT2D eigenvalue weighted by Crippen LogP contribution is -2.08. The van der Waals surface area contributed by atoms with E-state index in [-0.39, 0.29) is 5.69 Å². The molecule has 0 aliphatic rings. The Labute approximate surface area is 114 Å². The smallest absolute Gasteiger partial charge is 0.370 e. The third-order valence-electron chi connectivity index (χ3n) is 2.63. The van der Waals surface area contributed by atoms with E-state index in [0.29, 0.717) is 18.1 Å². The Morgan fingerprint density at radius 1 is 1.15 bits per heavy atom. The van der Waals surface area contributed by atoms with Crippen LogP contribution < -0.4 is 10.6 Å². The van der Waals surface area contributed by atoms with Crippen molar-refractivity contribution in [1.29, 1.82) is 0 Å². The SMILES string of the molecule is CCNc1cc(Nc2ccccc2C(F)(F)F)ccn1. The van der Waals surface area contributed by atoms with Crippen LogP contribution in [0.1, 0.15) is 12.5 Å². The van der Waals surface area contributed by atoms with Crippen molar-refractivity contribution in [3.63, 3.8) is 0 Å². The van der Waals surface area contributed by atoms with Gasteiger partial charge in [-0.25, -0.2) is 4.98 Å². The van der Waals surface area contributed by atoms with E-state index < -0.39 is 11.7 Å². The monoisotopic (exact) mass is 281 g/mol. The predicted molar refractivity (Wildman–Crippen MR) is 73.1 cm³/mol. The molecule has 1 aromatic carbocycles. The third kappa shape index (κ3) is 3.40. The molecule has 0 unspecified atom stereocenters. The van der Waals surface area contributed by atoms with E-state index in [9.17, 15) is 13.2 Å². The normalized spacial score (nSPS) is 11.2. The number of rotatable bonds is 4. The number of nitrogens with zero attached hydrogens (tertiary/aromatic N) is 1. The summed E-state index contributed by atoms with van der Waals surface area (Å²) in [5.74, 6) is 0.613. The Morgan fingerprint density at radius 2 is 1.90 bits per heavy atom. The Hall–Kier alpha value is -2.24. The van der Waals surface area contributed by atoms with Crippen molar-refractivity contribution in [2.45, 2.75) is 13.1 Å². The summed E-state index contributed by atoms with van der Waals surface area (Å²) in [5.41, 5.74) is -0.122. The Balaban J connectivity index is 2.28. The average molecular weight is 281 g/mol. The quantitative estimate of drug-likeness (QED) is 0.878. The summed E-state index contributed by atoms with van der Waals surface area (Å²) in [6.45, 7) is 2.61. The fraction of sp³-hybridized carbons (Fsp3) is 0.214. The molecule has 0 atom stereocenters. The number of hydrogen-bond donors (Lipinski definition) is 2. The number of halogens is 3. The van der Waals surface area contributed by atoms with Crippen LogP contribution in [0.3, 0.4) is 0 Å². The van der Waals surface area contributed by atoms with Crippen LogP contribution in [0.5, 0.6) is 0 Å². The van der Waals surface area contributed by atoms with Gasteiger partial charge in [0.05, 0.1) is 11.3 Å². The maximum absolute atomic E-state index is 12.9. The molecule has 0 spiro atoms. The predicted octanol–water partition coefficient (Wildman–Crippen LogP) is 4.28. The number of aromatic nitrogens is 1. The van der Waals surface area contributed by atoms with Gasteiger partial charge in [-0.05, 0) is 25.1 Å². The fourth-order valence-corrected chi connectivity index (χ4v) is 1.78. The molecule has 0 radical (unpaired) electrons. The molecular weight excluding hydrogens is 267 g/mol. The van der Waals surface area contributed by atoms with Gasteiger partial charge < -0.3 is 10.6 Å². The van der Waals surface area contributed by atoms with E-state index >= 15 is 0 Å². The summed E-state index contributed by atoms with van der Waals surface area (Å²) in [6, 6.07) is 8.66. The van der Waals surface area contributed by atoms with Gasteiger partial charge in [0.2, 0.25) is 0 Å². The van der Waals surface area contributed by atoms with E-state index in [1.54, 1.807) is 18.2 Å². The Morgan fingerprint density at radius 3 is 2.60 bits per heavy atom. The fourth-order valence-electron chi connectivity index (χ4n) is 1.78. The zero-order valence-electron chi connectivity index (χ0n) is 10.8. The summed E-state index contributed by atoms with van der Waals surface area (Å²) in [5, 5.41) is 5.78. The summed E-state index contributed by atoms with van der Waals surface area (Å²) in [4.78, 5) is 4.07. The van der Waals surface area contributed by atoms with Crippen molar-refractivity contribution < 1.29 is 13.2 Å². The van der Waals surface area contributed by atoms with Gasteiger partial charge in [-0.3, -0.25) is 0 Å². The molecule has 1 aromatic heterocycles. The van der Waals surface area contributed by atoms with Crippen LogP contribution in [-0.2, 0) is 6.18 Å². The van der Waals surface area contributed by atoms with Gasteiger partial charge in [-0.2, -0.15) is 13.2 Å². The summed E-state index contributed by atoms with van der Waals surface area (Å²) in [7, 11) is 0. The van der Waals surface area contributed by atoms with Crippen LogP contribution in [0.25, 0.3) is 0 Å². The highest BCUT2D eigenvalue weighted by Gasteiger charge is 2.33. The van der Waals surface area contributed by atoms with Gasteiger partial charge in [0.25, 0.3) is 0 Å². The molecule has 0 saturated heterocycles. The van der Waals surface area contributed by atoms with Crippen molar-refractivity contribution in [1.82, 2.24) is 4.98 Å². The van der Waals surface area contributed by atoms with Gasteiger partial charge >= 0.3 is 6.18 Å². The van der Waals surface area contributed by atoms with Crippen molar-refractivity contribution >= 4 is 17.2 Å². The van der Waals surface area contributed by atoms with Crippen LogP contribution in [0.2, 0.25) is 0 Å². The molecule has 6 heteroatoms. The number of pyridine rings is 1. The Kier molecular flexibility index (Phi) is 4.12. The Bertz CT molecular complexity index is 582. The highest BCUT2D eigenvalue weighted by atomic mass is 19.4. The maximum atomic E-state index is 12.9. The summed E-state index contributed by atoms with van der Waals surface area (Å²) < 4.78 is 38.7. The van der Waals surface area contributed by atoms with Crippen LogP contribution in [-0.4, -0.2) is 11.5 Å². The van der Waals surface area contributed by atoms with Crippen LogP contribution in [0.15, 0.2) is 42.6 Å². The molecule has 0 amide bonds. The van der Waals surface area contributed by atoms with E-state index in [1.807, 2.05) is 6.92 Å². The highest BCUT2D eigenvalue weighted by Crippen LogP contribution is 2.35. The molecule has 0 aliphatic heterocycles. The zero-order valence-corrected chi connectivity index (χ0v) is 10.8. The molecule has 2 aromatic rings. The van der Waals surface area contributed by atoms with E-state index in [0.717, 1.165) is 6.07 Å². The molecule has 20 heavy (non-hydrogen) atoms. The number of nitrogens with one attached hydrogen (secondary N) is 2. The molecule has 0 bridgehead atoms. The molecule has 0 saturated carbocycles. The second-order valence-electron chi connectivity index (χ2n) is 4.13. The maximum Gasteiger partial charge on any atom is 0.418 e.